The van der Waals surface area contributed by atoms with E-state index in [0.29, 0.717) is 17.0 Å². The highest BCUT2D eigenvalue weighted by molar-refractivity contribution is 5.99. The molecule has 2 rings (SSSR count). The summed E-state index contributed by atoms with van der Waals surface area (Å²) in [5.41, 5.74) is 1.20. The number of fused-ring (bicyclic) bond motifs is 1. The van der Waals surface area contributed by atoms with E-state index in [1.54, 1.807) is 39.2 Å². The smallest absolute Gasteiger partial charge is 0.317 e. The molecule has 0 saturated heterocycles. The SMILES string of the molecule is CC1Oc2ccc(C(O)CN(C)CC(=O)O)cc2N(C)C1=O. The lowest BCUT2D eigenvalue weighted by Crippen LogP contribution is -2.42. The van der Waals surface area contributed by atoms with Gasteiger partial charge in [0.2, 0.25) is 0 Å². The highest BCUT2D eigenvalue weighted by Crippen LogP contribution is 2.35. The van der Waals surface area contributed by atoms with Gasteiger partial charge in [0, 0.05) is 13.6 Å². The third kappa shape index (κ3) is 3.37. The van der Waals surface area contributed by atoms with Crippen molar-refractivity contribution in [2.45, 2.75) is 19.1 Å². The number of carboxylic acids is 1. The van der Waals surface area contributed by atoms with Crippen molar-refractivity contribution in [2.24, 2.45) is 0 Å². The molecule has 0 spiro atoms. The van der Waals surface area contributed by atoms with E-state index >= 15 is 0 Å². The van der Waals surface area contributed by atoms with Crippen molar-refractivity contribution in [1.29, 1.82) is 0 Å². The molecule has 120 valence electrons. The van der Waals surface area contributed by atoms with Gasteiger partial charge in [-0.15, -0.1) is 0 Å². The summed E-state index contributed by atoms with van der Waals surface area (Å²) >= 11 is 0. The van der Waals surface area contributed by atoms with Crippen LogP contribution in [-0.4, -0.2) is 60.3 Å². The lowest BCUT2D eigenvalue weighted by Gasteiger charge is -2.31. The second-order valence-corrected chi connectivity index (χ2v) is 5.49. The molecule has 0 radical (unpaired) electrons. The summed E-state index contributed by atoms with van der Waals surface area (Å²) < 4.78 is 5.52. The summed E-state index contributed by atoms with van der Waals surface area (Å²) in [5.74, 6) is -0.514. The molecule has 7 heteroatoms. The molecule has 1 amide bonds. The highest BCUT2D eigenvalue weighted by atomic mass is 16.5. The van der Waals surface area contributed by atoms with Gasteiger partial charge in [-0.05, 0) is 31.7 Å². The average molecular weight is 308 g/mol. The van der Waals surface area contributed by atoms with Crippen LogP contribution < -0.4 is 9.64 Å². The number of anilines is 1. The van der Waals surface area contributed by atoms with E-state index in [1.807, 2.05) is 0 Å². The Morgan fingerprint density at radius 3 is 2.82 bits per heavy atom. The summed E-state index contributed by atoms with van der Waals surface area (Å²) in [4.78, 5) is 25.6. The van der Waals surface area contributed by atoms with E-state index in [0.717, 1.165) is 0 Å². The van der Waals surface area contributed by atoms with E-state index in [2.05, 4.69) is 0 Å². The molecule has 2 unspecified atom stereocenters. The number of ether oxygens (including phenoxy) is 1. The molecule has 1 aromatic carbocycles. The van der Waals surface area contributed by atoms with E-state index in [1.165, 1.54) is 9.80 Å². The molecule has 7 nitrogen and oxygen atoms in total. The molecule has 1 heterocycles. The van der Waals surface area contributed by atoms with Gasteiger partial charge in [0.15, 0.2) is 6.10 Å². The molecule has 2 atom stereocenters. The Bertz CT molecular complexity index is 589. The third-order valence-corrected chi connectivity index (χ3v) is 3.60. The van der Waals surface area contributed by atoms with Crippen LogP contribution in [0.25, 0.3) is 0 Å². The summed E-state index contributed by atoms with van der Waals surface area (Å²) in [6, 6.07) is 5.12. The normalized spacial score (nSPS) is 18.9. The summed E-state index contributed by atoms with van der Waals surface area (Å²) in [6.07, 6.45) is -1.38. The van der Waals surface area contributed by atoms with Crippen LogP contribution in [0, 0.1) is 0 Å². The standard InChI is InChI=1S/C15H20N2O5/c1-9-15(21)17(3)11-6-10(4-5-13(11)22-9)12(18)7-16(2)8-14(19)20/h4-6,9,12,18H,7-8H2,1-3H3,(H,19,20). The number of amides is 1. The van der Waals surface area contributed by atoms with Crippen molar-refractivity contribution in [1.82, 2.24) is 4.90 Å². The number of aliphatic hydroxyl groups is 1. The Kier molecular flexibility index (Phi) is 4.68. The highest BCUT2D eigenvalue weighted by Gasteiger charge is 2.29. The van der Waals surface area contributed by atoms with E-state index < -0.39 is 18.2 Å². The van der Waals surface area contributed by atoms with Crippen molar-refractivity contribution < 1.29 is 24.5 Å². The molecule has 0 saturated carbocycles. The van der Waals surface area contributed by atoms with Crippen LogP contribution in [0.2, 0.25) is 0 Å². The first-order valence-corrected chi connectivity index (χ1v) is 6.96. The van der Waals surface area contributed by atoms with Gasteiger partial charge in [-0.1, -0.05) is 6.07 Å². The van der Waals surface area contributed by atoms with E-state index in [4.69, 9.17) is 9.84 Å². The zero-order valence-electron chi connectivity index (χ0n) is 12.8. The molecule has 22 heavy (non-hydrogen) atoms. The predicted molar refractivity (Wildman–Crippen MR) is 80.0 cm³/mol. The van der Waals surface area contributed by atoms with Gasteiger partial charge in [0.25, 0.3) is 5.91 Å². The van der Waals surface area contributed by atoms with Crippen molar-refractivity contribution in [3.8, 4) is 5.75 Å². The van der Waals surface area contributed by atoms with Crippen LogP contribution in [0.1, 0.15) is 18.6 Å². The Labute approximate surface area is 128 Å². The minimum atomic E-state index is -0.951. The number of carbonyl (C=O) groups is 2. The van der Waals surface area contributed by atoms with Crippen LogP contribution in [-0.2, 0) is 9.59 Å². The molecule has 1 aromatic rings. The lowest BCUT2D eigenvalue weighted by molar-refractivity contribution is -0.138. The van der Waals surface area contributed by atoms with Gasteiger partial charge in [-0.2, -0.15) is 0 Å². The van der Waals surface area contributed by atoms with Crippen molar-refractivity contribution >= 4 is 17.6 Å². The topological polar surface area (TPSA) is 90.3 Å². The molecule has 1 aliphatic heterocycles. The second-order valence-electron chi connectivity index (χ2n) is 5.49. The van der Waals surface area contributed by atoms with Gasteiger partial charge in [-0.3, -0.25) is 14.5 Å². The summed E-state index contributed by atoms with van der Waals surface area (Å²) in [5, 5.41) is 19.0. The van der Waals surface area contributed by atoms with Gasteiger partial charge in [-0.25, -0.2) is 0 Å². The lowest BCUT2D eigenvalue weighted by atomic mass is 10.1. The molecule has 1 aliphatic rings. The Hall–Kier alpha value is -2.12. The number of benzene rings is 1. The van der Waals surface area contributed by atoms with Crippen LogP contribution in [0.3, 0.4) is 0 Å². The van der Waals surface area contributed by atoms with E-state index in [-0.39, 0.29) is 19.0 Å². The first kappa shape index (κ1) is 16.3. The largest absolute Gasteiger partial charge is 0.480 e. The number of carboxylic acid groups (broad SMARTS) is 1. The molecule has 0 bridgehead atoms. The Morgan fingerprint density at radius 1 is 1.50 bits per heavy atom. The number of carbonyl (C=O) groups excluding carboxylic acids is 1. The maximum absolute atomic E-state index is 11.9. The molecule has 0 fully saturated rings. The average Bonchev–Trinajstić information content (AvgIpc) is 2.43. The van der Waals surface area contributed by atoms with Crippen LogP contribution in [0.4, 0.5) is 5.69 Å². The van der Waals surface area contributed by atoms with Gasteiger partial charge in [0.05, 0.1) is 18.3 Å². The fourth-order valence-electron chi connectivity index (χ4n) is 2.43. The minimum absolute atomic E-state index is 0.151. The number of hydrogen-bond donors (Lipinski definition) is 2. The van der Waals surface area contributed by atoms with Crippen molar-refractivity contribution in [2.75, 3.05) is 32.1 Å². The van der Waals surface area contributed by atoms with Crippen molar-refractivity contribution in [3.63, 3.8) is 0 Å². The monoisotopic (exact) mass is 308 g/mol. The maximum atomic E-state index is 11.9. The minimum Gasteiger partial charge on any atom is -0.480 e. The number of aliphatic carboxylic acids is 1. The number of aliphatic hydroxyl groups excluding tert-OH is 1. The molecular weight excluding hydrogens is 288 g/mol. The number of hydrogen-bond acceptors (Lipinski definition) is 5. The zero-order chi connectivity index (χ0) is 16.4. The fraction of sp³-hybridized carbons (Fsp3) is 0.467. The third-order valence-electron chi connectivity index (χ3n) is 3.60. The van der Waals surface area contributed by atoms with Gasteiger partial charge < -0.3 is 19.8 Å². The maximum Gasteiger partial charge on any atom is 0.317 e. The van der Waals surface area contributed by atoms with Crippen LogP contribution in [0.5, 0.6) is 5.75 Å². The Balaban J connectivity index is 2.17. The van der Waals surface area contributed by atoms with E-state index in [9.17, 15) is 14.7 Å². The quantitative estimate of drug-likeness (QED) is 0.822. The van der Waals surface area contributed by atoms with Gasteiger partial charge in [0.1, 0.15) is 5.75 Å². The number of likely N-dealkylation sites (N-methyl/N-ethyl adjacent to an activating group) is 2. The van der Waals surface area contributed by atoms with Crippen molar-refractivity contribution in [3.05, 3.63) is 23.8 Å². The summed E-state index contributed by atoms with van der Waals surface area (Å²) in [6.45, 7) is 1.71. The Morgan fingerprint density at radius 2 is 2.18 bits per heavy atom. The number of nitrogens with zero attached hydrogens (tertiary/aromatic N) is 2. The van der Waals surface area contributed by atoms with Gasteiger partial charge >= 0.3 is 5.97 Å². The zero-order valence-corrected chi connectivity index (χ0v) is 12.8. The first-order chi connectivity index (χ1) is 10.3. The van der Waals surface area contributed by atoms with Crippen LogP contribution >= 0.6 is 0 Å². The molecule has 2 N–H and O–H groups in total. The van der Waals surface area contributed by atoms with Crippen LogP contribution in [0.15, 0.2) is 18.2 Å². The second kappa shape index (κ2) is 6.33. The predicted octanol–water partition coefficient (Wildman–Crippen LogP) is 0.480. The first-order valence-electron chi connectivity index (χ1n) is 6.96. The molecule has 0 aliphatic carbocycles. The summed E-state index contributed by atoms with van der Waals surface area (Å²) in [7, 11) is 3.28. The number of rotatable bonds is 5. The fourth-order valence-corrected chi connectivity index (χ4v) is 2.43. The molecule has 0 aromatic heterocycles. The molecular formula is C15H20N2O5.